The zero-order chi connectivity index (χ0) is 13.8. The van der Waals surface area contributed by atoms with Crippen LogP contribution in [0.15, 0.2) is 24.3 Å². The molecule has 104 valence electrons. The maximum atomic E-state index is 12.8. The number of hydrogen-bond acceptors (Lipinski definition) is 1. The lowest BCUT2D eigenvalue weighted by Crippen LogP contribution is -2.40. The predicted molar refractivity (Wildman–Crippen MR) is 74.2 cm³/mol. The molecule has 19 heavy (non-hydrogen) atoms. The molecule has 1 amide bonds. The molecular weight excluding hydrogens is 241 g/mol. The predicted octanol–water partition coefficient (Wildman–Crippen LogP) is 3.26. The van der Waals surface area contributed by atoms with Crippen molar-refractivity contribution < 1.29 is 9.18 Å². The summed E-state index contributed by atoms with van der Waals surface area (Å²) in [6, 6.07) is 6.20. The summed E-state index contributed by atoms with van der Waals surface area (Å²) in [5.41, 5.74) is 0.886. The molecular formula is C16H22FNO. The number of benzene rings is 1. The molecule has 0 saturated carbocycles. The van der Waals surface area contributed by atoms with Gasteiger partial charge in [-0.2, -0.15) is 0 Å². The molecule has 0 spiro atoms. The van der Waals surface area contributed by atoms with E-state index < -0.39 is 0 Å². The van der Waals surface area contributed by atoms with Gasteiger partial charge in [0.1, 0.15) is 5.82 Å². The number of halogens is 1. The summed E-state index contributed by atoms with van der Waals surface area (Å²) in [7, 11) is 0. The van der Waals surface area contributed by atoms with Gasteiger partial charge in [-0.25, -0.2) is 4.39 Å². The first-order chi connectivity index (χ1) is 9.06. The molecule has 1 aliphatic heterocycles. The quantitative estimate of drug-likeness (QED) is 0.819. The summed E-state index contributed by atoms with van der Waals surface area (Å²) >= 11 is 0. The van der Waals surface area contributed by atoms with Crippen LogP contribution in [-0.4, -0.2) is 23.9 Å². The molecule has 0 aliphatic carbocycles. The van der Waals surface area contributed by atoms with E-state index in [1.807, 2.05) is 4.90 Å². The summed E-state index contributed by atoms with van der Waals surface area (Å²) < 4.78 is 12.8. The van der Waals surface area contributed by atoms with Crippen LogP contribution in [0.3, 0.4) is 0 Å². The number of carbonyl (C=O) groups is 1. The number of piperidine rings is 1. The highest BCUT2D eigenvalue weighted by Crippen LogP contribution is 2.24. The fourth-order valence-electron chi connectivity index (χ4n) is 2.70. The van der Waals surface area contributed by atoms with Crippen LogP contribution in [0.1, 0.15) is 32.3 Å². The summed E-state index contributed by atoms with van der Waals surface area (Å²) in [4.78, 5) is 14.1. The van der Waals surface area contributed by atoms with Gasteiger partial charge < -0.3 is 4.90 Å². The van der Waals surface area contributed by atoms with Crippen LogP contribution in [0.25, 0.3) is 0 Å². The van der Waals surface area contributed by atoms with E-state index in [1.165, 1.54) is 12.1 Å². The van der Waals surface area contributed by atoms with Crippen LogP contribution in [0, 0.1) is 17.7 Å². The minimum absolute atomic E-state index is 0.161. The first-order valence-electron chi connectivity index (χ1n) is 7.08. The second-order valence-electron chi connectivity index (χ2n) is 5.77. The van der Waals surface area contributed by atoms with Gasteiger partial charge in [-0.1, -0.05) is 26.0 Å². The Hall–Kier alpha value is -1.38. The van der Waals surface area contributed by atoms with Crippen molar-refractivity contribution in [2.45, 2.75) is 33.1 Å². The highest BCUT2D eigenvalue weighted by atomic mass is 19.1. The van der Waals surface area contributed by atoms with Crippen molar-refractivity contribution in [1.29, 1.82) is 0 Å². The number of nitrogens with zero attached hydrogens (tertiary/aromatic N) is 1. The molecule has 0 bridgehead atoms. The lowest BCUT2D eigenvalue weighted by Gasteiger charge is -2.34. The van der Waals surface area contributed by atoms with Crippen molar-refractivity contribution in [2.75, 3.05) is 13.1 Å². The maximum Gasteiger partial charge on any atom is 0.226 e. The van der Waals surface area contributed by atoms with Crippen molar-refractivity contribution in [3.05, 3.63) is 35.6 Å². The maximum absolute atomic E-state index is 12.8. The molecule has 0 radical (unpaired) electrons. The molecule has 0 atom stereocenters. The largest absolute Gasteiger partial charge is 0.342 e. The van der Waals surface area contributed by atoms with Gasteiger partial charge in [0, 0.05) is 13.1 Å². The third-order valence-electron chi connectivity index (χ3n) is 4.10. The molecule has 1 fully saturated rings. The standard InChI is InChI=1S/C16H22FNO/c1-12(2)14-7-9-18(10-8-14)16(19)11-13-3-5-15(17)6-4-13/h3-6,12,14H,7-11H2,1-2H3. The van der Waals surface area contributed by atoms with Crippen molar-refractivity contribution in [3.8, 4) is 0 Å². The van der Waals surface area contributed by atoms with E-state index in [9.17, 15) is 9.18 Å². The highest BCUT2D eigenvalue weighted by Gasteiger charge is 2.24. The lowest BCUT2D eigenvalue weighted by molar-refractivity contribution is -0.132. The van der Waals surface area contributed by atoms with Crippen LogP contribution in [0.5, 0.6) is 0 Å². The smallest absolute Gasteiger partial charge is 0.226 e. The van der Waals surface area contributed by atoms with E-state index in [0.717, 1.165) is 37.4 Å². The molecule has 2 rings (SSSR count). The van der Waals surface area contributed by atoms with Gasteiger partial charge in [-0.05, 0) is 42.4 Å². The average molecular weight is 263 g/mol. The van der Waals surface area contributed by atoms with Gasteiger partial charge in [-0.15, -0.1) is 0 Å². The normalized spacial score (nSPS) is 16.9. The molecule has 1 heterocycles. The SMILES string of the molecule is CC(C)C1CCN(C(=O)Cc2ccc(F)cc2)CC1. The molecule has 0 unspecified atom stereocenters. The molecule has 2 nitrogen and oxygen atoms in total. The number of amides is 1. The fraction of sp³-hybridized carbons (Fsp3) is 0.562. The van der Waals surface area contributed by atoms with E-state index in [-0.39, 0.29) is 11.7 Å². The Balaban J connectivity index is 1.86. The molecule has 0 N–H and O–H groups in total. The van der Waals surface area contributed by atoms with Crippen LogP contribution in [0.4, 0.5) is 4.39 Å². The minimum Gasteiger partial charge on any atom is -0.342 e. The first kappa shape index (κ1) is 14.0. The topological polar surface area (TPSA) is 20.3 Å². The van der Waals surface area contributed by atoms with Gasteiger partial charge in [0.2, 0.25) is 5.91 Å². The number of rotatable bonds is 3. The molecule has 0 aromatic heterocycles. The van der Waals surface area contributed by atoms with Crippen LogP contribution >= 0.6 is 0 Å². The molecule has 1 aromatic rings. The number of likely N-dealkylation sites (tertiary alicyclic amines) is 1. The van der Waals surface area contributed by atoms with Crippen molar-refractivity contribution in [2.24, 2.45) is 11.8 Å². The van der Waals surface area contributed by atoms with Crippen LogP contribution in [-0.2, 0) is 11.2 Å². The third kappa shape index (κ3) is 3.79. The van der Waals surface area contributed by atoms with Gasteiger partial charge >= 0.3 is 0 Å². The van der Waals surface area contributed by atoms with E-state index in [4.69, 9.17) is 0 Å². The Morgan fingerprint density at radius 2 is 1.84 bits per heavy atom. The Bertz CT molecular complexity index is 419. The van der Waals surface area contributed by atoms with Gasteiger partial charge in [-0.3, -0.25) is 4.79 Å². The Kier molecular flexibility index (Phi) is 4.56. The van der Waals surface area contributed by atoms with E-state index >= 15 is 0 Å². The van der Waals surface area contributed by atoms with Gasteiger partial charge in [0.05, 0.1) is 6.42 Å². The van der Waals surface area contributed by atoms with Crippen LogP contribution < -0.4 is 0 Å². The minimum atomic E-state index is -0.256. The lowest BCUT2D eigenvalue weighted by atomic mass is 9.86. The monoisotopic (exact) mass is 263 g/mol. The number of carbonyl (C=O) groups excluding carboxylic acids is 1. The zero-order valence-electron chi connectivity index (χ0n) is 11.7. The molecule has 1 aromatic carbocycles. The average Bonchev–Trinajstić information content (AvgIpc) is 2.41. The summed E-state index contributed by atoms with van der Waals surface area (Å²) in [6.07, 6.45) is 2.59. The Morgan fingerprint density at radius 3 is 2.37 bits per heavy atom. The highest BCUT2D eigenvalue weighted by molar-refractivity contribution is 5.78. The summed E-state index contributed by atoms with van der Waals surface area (Å²) in [5.74, 6) is 1.35. The van der Waals surface area contributed by atoms with Crippen LogP contribution in [0.2, 0.25) is 0 Å². The van der Waals surface area contributed by atoms with E-state index in [2.05, 4.69) is 13.8 Å². The van der Waals surface area contributed by atoms with Crippen molar-refractivity contribution >= 4 is 5.91 Å². The first-order valence-corrected chi connectivity index (χ1v) is 7.08. The van der Waals surface area contributed by atoms with E-state index in [1.54, 1.807) is 12.1 Å². The second-order valence-corrected chi connectivity index (χ2v) is 5.77. The summed E-state index contributed by atoms with van der Waals surface area (Å²) in [6.45, 7) is 6.23. The molecule has 1 saturated heterocycles. The summed E-state index contributed by atoms with van der Waals surface area (Å²) in [5, 5.41) is 0. The Labute approximate surface area is 114 Å². The molecule has 1 aliphatic rings. The third-order valence-corrected chi connectivity index (χ3v) is 4.10. The fourth-order valence-corrected chi connectivity index (χ4v) is 2.70. The Morgan fingerprint density at radius 1 is 1.26 bits per heavy atom. The number of hydrogen-bond donors (Lipinski definition) is 0. The van der Waals surface area contributed by atoms with Gasteiger partial charge in [0.25, 0.3) is 0 Å². The van der Waals surface area contributed by atoms with Crippen molar-refractivity contribution in [1.82, 2.24) is 4.90 Å². The second kappa shape index (κ2) is 6.18. The zero-order valence-corrected chi connectivity index (χ0v) is 11.7. The van der Waals surface area contributed by atoms with E-state index in [0.29, 0.717) is 12.3 Å². The van der Waals surface area contributed by atoms with Crippen molar-refractivity contribution in [3.63, 3.8) is 0 Å². The van der Waals surface area contributed by atoms with Gasteiger partial charge in [0.15, 0.2) is 0 Å². The molecule has 3 heteroatoms.